The van der Waals surface area contributed by atoms with Gasteiger partial charge in [0.1, 0.15) is 10.8 Å². The van der Waals surface area contributed by atoms with Gasteiger partial charge in [-0.05, 0) is 18.2 Å². The number of carbonyl (C=O) groups is 1. The highest BCUT2D eigenvalue weighted by Gasteiger charge is 2.21. The number of nitrogens with one attached hydrogen (secondary N) is 1. The Kier molecular flexibility index (Phi) is 5.63. The van der Waals surface area contributed by atoms with Crippen molar-refractivity contribution in [2.45, 2.75) is 0 Å². The molecule has 2 aromatic carbocycles. The molecule has 0 fully saturated rings. The molecule has 0 atom stereocenters. The Morgan fingerprint density at radius 1 is 1.20 bits per heavy atom. The molecule has 0 aliphatic heterocycles. The zero-order valence-electron chi connectivity index (χ0n) is 15.3. The first-order valence-corrected chi connectivity index (χ1v) is 10.1. The van der Waals surface area contributed by atoms with Gasteiger partial charge in [0.2, 0.25) is 0 Å². The van der Waals surface area contributed by atoms with Gasteiger partial charge in [-0.15, -0.1) is 0 Å². The summed E-state index contributed by atoms with van der Waals surface area (Å²) in [6.45, 7) is 0. The van der Waals surface area contributed by atoms with Crippen molar-refractivity contribution in [1.29, 1.82) is 0 Å². The topological polar surface area (TPSA) is 93.6 Å². The normalized spacial score (nSPS) is 10.8. The Hall–Kier alpha value is -3.07. The van der Waals surface area contributed by atoms with E-state index in [-0.39, 0.29) is 32.4 Å². The number of aromatic nitrogens is 2. The average molecular weight is 462 g/mol. The van der Waals surface area contributed by atoms with Gasteiger partial charge in [0, 0.05) is 12.3 Å². The van der Waals surface area contributed by atoms with Gasteiger partial charge in [0.05, 0.1) is 22.3 Å². The summed E-state index contributed by atoms with van der Waals surface area (Å²) in [5, 5.41) is 13.5. The van der Waals surface area contributed by atoms with Gasteiger partial charge in [-0.25, -0.2) is 9.97 Å². The Morgan fingerprint density at radius 2 is 1.97 bits per heavy atom. The number of nitrogens with zero attached hydrogens (tertiary/aromatic N) is 2. The van der Waals surface area contributed by atoms with Crippen molar-refractivity contribution in [3.63, 3.8) is 0 Å². The van der Waals surface area contributed by atoms with Crippen LogP contribution in [0, 0.1) is 0 Å². The molecule has 30 heavy (non-hydrogen) atoms. The molecule has 4 rings (SSSR count). The summed E-state index contributed by atoms with van der Waals surface area (Å²) < 4.78 is 11.4. The number of hydrogen-bond donors (Lipinski definition) is 2. The summed E-state index contributed by atoms with van der Waals surface area (Å²) >= 11 is 14.0. The Balaban J connectivity index is 1.65. The molecule has 0 unspecified atom stereocenters. The van der Waals surface area contributed by atoms with E-state index < -0.39 is 5.91 Å². The second kappa shape index (κ2) is 8.35. The van der Waals surface area contributed by atoms with Crippen molar-refractivity contribution in [1.82, 2.24) is 9.97 Å². The van der Waals surface area contributed by atoms with Gasteiger partial charge < -0.3 is 14.6 Å². The molecule has 152 valence electrons. The van der Waals surface area contributed by atoms with Gasteiger partial charge >= 0.3 is 0 Å². The Bertz CT molecular complexity index is 1250. The number of thiazole rings is 1. The van der Waals surface area contributed by atoms with Crippen LogP contribution in [0.25, 0.3) is 10.2 Å². The minimum Gasteiger partial charge on any atom is -0.503 e. The number of para-hydroxylation sites is 1. The largest absolute Gasteiger partial charge is 0.503 e. The minimum atomic E-state index is -0.645. The molecule has 10 heteroatoms. The van der Waals surface area contributed by atoms with Crippen molar-refractivity contribution in [2.24, 2.45) is 0 Å². The molecule has 0 radical (unpaired) electrons. The average Bonchev–Trinajstić information content (AvgIpc) is 3.14. The van der Waals surface area contributed by atoms with Crippen LogP contribution in [-0.2, 0) is 0 Å². The van der Waals surface area contributed by atoms with Crippen LogP contribution >= 0.6 is 34.5 Å². The number of carbonyl (C=O) groups excluding carboxylic acids is 1. The lowest BCUT2D eigenvalue weighted by molar-refractivity contribution is 0.101. The number of methoxy groups -OCH3 is 1. The molecule has 2 heterocycles. The number of fused-ring (bicyclic) bond motifs is 1. The monoisotopic (exact) mass is 461 g/mol. The van der Waals surface area contributed by atoms with Crippen LogP contribution in [0.4, 0.5) is 5.13 Å². The summed E-state index contributed by atoms with van der Waals surface area (Å²) in [7, 11) is 1.38. The molecule has 0 saturated heterocycles. The summed E-state index contributed by atoms with van der Waals surface area (Å²) in [6, 6.07) is 12.1. The molecule has 7 nitrogen and oxygen atoms in total. The van der Waals surface area contributed by atoms with E-state index in [0.29, 0.717) is 21.7 Å². The maximum atomic E-state index is 12.5. The third-order valence-corrected chi connectivity index (χ3v) is 5.80. The fourth-order valence-electron chi connectivity index (χ4n) is 2.66. The number of halogens is 2. The molecule has 0 aliphatic rings. The summed E-state index contributed by atoms with van der Waals surface area (Å²) in [4.78, 5) is 20.8. The quantitative estimate of drug-likeness (QED) is 0.392. The molecular formula is C20H13Cl2N3O4S. The number of amides is 1. The predicted octanol–water partition coefficient (Wildman–Crippen LogP) is 5.76. The van der Waals surface area contributed by atoms with Gasteiger partial charge in [0.15, 0.2) is 28.1 Å². The number of anilines is 1. The standard InChI is InChI=1S/C20H13Cl2N3O4S/c1-28-13-7-8-23-15(16(13)26)19(27)25-20-24-12-9-11(21)17(14(22)18(12)30-20)29-10-5-3-2-4-6-10/h2-9,26H,1H3,(H,24,25,27). The lowest BCUT2D eigenvalue weighted by Gasteiger charge is -2.09. The van der Waals surface area contributed by atoms with E-state index in [2.05, 4.69) is 15.3 Å². The SMILES string of the molecule is COc1ccnc(C(=O)Nc2nc3cc(Cl)c(Oc4ccccc4)c(Cl)c3s2)c1O. The first-order valence-electron chi connectivity index (χ1n) is 8.52. The Labute approximate surface area is 184 Å². The van der Waals surface area contributed by atoms with Crippen molar-refractivity contribution < 1.29 is 19.4 Å². The van der Waals surface area contributed by atoms with E-state index in [1.165, 1.54) is 19.4 Å². The third kappa shape index (κ3) is 3.85. The number of rotatable bonds is 5. The molecule has 2 N–H and O–H groups in total. The van der Waals surface area contributed by atoms with Crippen LogP contribution in [-0.4, -0.2) is 28.1 Å². The molecule has 0 spiro atoms. The highest BCUT2D eigenvalue weighted by molar-refractivity contribution is 7.23. The number of pyridine rings is 1. The lowest BCUT2D eigenvalue weighted by atomic mass is 10.3. The van der Waals surface area contributed by atoms with Crippen molar-refractivity contribution >= 4 is 55.8 Å². The second-order valence-corrected chi connectivity index (χ2v) is 7.73. The maximum absolute atomic E-state index is 12.5. The van der Waals surface area contributed by atoms with Gasteiger partial charge in [0.25, 0.3) is 5.91 Å². The van der Waals surface area contributed by atoms with E-state index in [9.17, 15) is 9.90 Å². The molecule has 2 aromatic heterocycles. The zero-order chi connectivity index (χ0) is 21.3. The van der Waals surface area contributed by atoms with E-state index in [4.69, 9.17) is 32.7 Å². The number of aromatic hydroxyl groups is 1. The van der Waals surface area contributed by atoms with E-state index in [1.807, 2.05) is 18.2 Å². The van der Waals surface area contributed by atoms with Gasteiger partial charge in [-0.2, -0.15) is 0 Å². The first-order chi connectivity index (χ1) is 14.5. The van der Waals surface area contributed by atoms with Crippen LogP contribution in [0.1, 0.15) is 10.5 Å². The first kappa shape index (κ1) is 20.2. The van der Waals surface area contributed by atoms with Crippen LogP contribution in [0.15, 0.2) is 48.7 Å². The van der Waals surface area contributed by atoms with E-state index >= 15 is 0 Å². The molecule has 0 saturated carbocycles. The van der Waals surface area contributed by atoms with Crippen molar-refractivity contribution in [2.75, 3.05) is 12.4 Å². The molecular weight excluding hydrogens is 449 g/mol. The van der Waals surface area contributed by atoms with Crippen LogP contribution < -0.4 is 14.8 Å². The van der Waals surface area contributed by atoms with Gasteiger partial charge in [-0.1, -0.05) is 52.7 Å². The fourth-order valence-corrected chi connectivity index (χ4v) is 4.17. The maximum Gasteiger partial charge on any atom is 0.280 e. The summed E-state index contributed by atoms with van der Waals surface area (Å²) in [6.07, 6.45) is 1.36. The highest BCUT2D eigenvalue weighted by atomic mass is 35.5. The Morgan fingerprint density at radius 3 is 2.70 bits per heavy atom. The van der Waals surface area contributed by atoms with E-state index in [1.54, 1.807) is 18.2 Å². The minimum absolute atomic E-state index is 0.136. The fraction of sp³-hybridized carbons (Fsp3) is 0.0500. The number of benzene rings is 2. The van der Waals surface area contributed by atoms with E-state index in [0.717, 1.165) is 11.3 Å². The molecule has 4 aromatic rings. The lowest BCUT2D eigenvalue weighted by Crippen LogP contribution is -2.13. The molecule has 1 amide bonds. The van der Waals surface area contributed by atoms with Crippen molar-refractivity contribution in [3.8, 4) is 23.0 Å². The van der Waals surface area contributed by atoms with Crippen LogP contribution in [0.5, 0.6) is 23.0 Å². The smallest absolute Gasteiger partial charge is 0.280 e. The van der Waals surface area contributed by atoms with Crippen LogP contribution in [0.3, 0.4) is 0 Å². The third-order valence-electron chi connectivity index (χ3n) is 4.04. The van der Waals surface area contributed by atoms with Gasteiger partial charge in [-0.3, -0.25) is 10.1 Å². The molecule has 0 aliphatic carbocycles. The number of hydrogen-bond acceptors (Lipinski definition) is 7. The number of ether oxygens (including phenoxy) is 2. The summed E-state index contributed by atoms with van der Waals surface area (Å²) in [5.74, 6) is 0.00702. The predicted molar refractivity (Wildman–Crippen MR) is 117 cm³/mol. The highest BCUT2D eigenvalue weighted by Crippen LogP contribution is 2.44. The second-order valence-electron chi connectivity index (χ2n) is 5.95. The zero-order valence-corrected chi connectivity index (χ0v) is 17.7. The van der Waals surface area contributed by atoms with Crippen LogP contribution in [0.2, 0.25) is 10.0 Å². The van der Waals surface area contributed by atoms with Crippen molar-refractivity contribution in [3.05, 3.63) is 64.4 Å². The summed E-state index contributed by atoms with van der Waals surface area (Å²) in [5.41, 5.74) is 0.305. The molecule has 0 bridgehead atoms.